The Labute approximate surface area is 131 Å². The maximum Gasteiger partial charge on any atom is 0.0649 e. The average molecular weight is 300 g/mol. The Balaban J connectivity index is 1.84. The van der Waals surface area contributed by atoms with Gasteiger partial charge in [-0.15, -0.1) is 11.3 Å². The molecule has 2 heteroatoms. The standard InChI is InChI=1S/C19H24OS/c1-12-9-13(2)17(14(3)10-12)11-18(20)15-5-4-6-19-16(15)7-8-21-19/h7-10,15,18,20H,4-6,11H2,1-3H3. The van der Waals surface area contributed by atoms with E-state index in [1.165, 1.54) is 45.5 Å². The molecule has 3 rings (SSSR count). The van der Waals surface area contributed by atoms with Gasteiger partial charge >= 0.3 is 0 Å². The molecule has 1 aliphatic rings. The number of thiophene rings is 1. The molecule has 0 amide bonds. The molecule has 0 saturated heterocycles. The second-order valence-corrected chi connectivity index (χ2v) is 7.45. The zero-order chi connectivity index (χ0) is 15.0. The van der Waals surface area contributed by atoms with Gasteiger partial charge in [-0.3, -0.25) is 0 Å². The van der Waals surface area contributed by atoms with E-state index >= 15 is 0 Å². The third-order valence-corrected chi connectivity index (χ3v) is 5.81. The average Bonchev–Trinajstić information content (AvgIpc) is 2.90. The minimum absolute atomic E-state index is 0.265. The van der Waals surface area contributed by atoms with Gasteiger partial charge < -0.3 is 5.11 Å². The first-order chi connectivity index (χ1) is 10.1. The van der Waals surface area contributed by atoms with Crippen LogP contribution in [-0.4, -0.2) is 11.2 Å². The van der Waals surface area contributed by atoms with E-state index in [1.807, 2.05) is 11.3 Å². The van der Waals surface area contributed by atoms with Crippen molar-refractivity contribution in [3.8, 4) is 0 Å². The van der Waals surface area contributed by atoms with Crippen molar-refractivity contribution in [1.82, 2.24) is 0 Å². The molecule has 0 saturated carbocycles. The number of rotatable bonds is 3. The molecule has 1 aliphatic carbocycles. The van der Waals surface area contributed by atoms with Crippen molar-refractivity contribution < 1.29 is 5.11 Å². The molecule has 0 aliphatic heterocycles. The second-order valence-electron chi connectivity index (χ2n) is 6.45. The Morgan fingerprint density at radius 2 is 1.95 bits per heavy atom. The van der Waals surface area contributed by atoms with Gasteiger partial charge in [0, 0.05) is 10.8 Å². The molecule has 1 N–H and O–H groups in total. The number of hydrogen-bond acceptors (Lipinski definition) is 2. The minimum Gasteiger partial charge on any atom is -0.392 e. The van der Waals surface area contributed by atoms with Crippen LogP contribution in [0.4, 0.5) is 0 Å². The van der Waals surface area contributed by atoms with Crippen LogP contribution < -0.4 is 0 Å². The monoisotopic (exact) mass is 300 g/mol. The number of fused-ring (bicyclic) bond motifs is 1. The molecular weight excluding hydrogens is 276 g/mol. The van der Waals surface area contributed by atoms with Crippen LogP contribution >= 0.6 is 11.3 Å². The van der Waals surface area contributed by atoms with Gasteiger partial charge in [-0.1, -0.05) is 17.7 Å². The number of aliphatic hydroxyl groups is 1. The van der Waals surface area contributed by atoms with Crippen molar-refractivity contribution in [2.24, 2.45) is 0 Å². The summed E-state index contributed by atoms with van der Waals surface area (Å²) in [5.41, 5.74) is 6.67. The van der Waals surface area contributed by atoms with E-state index in [2.05, 4.69) is 44.4 Å². The van der Waals surface area contributed by atoms with Gasteiger partial charge in [0.15, 0.2) is 0 Å². The van der Waals surface area contributed by atoms with Crippen molar-refractivity contribution in [1.29, 1.82) is 0 Å². The van der Waals surface area contributed by atoms with Crippen LogP contribution in [0.3, 0.4) is 0 Å². The van der Waals surface area contributed by atoms with Crippen molar-refractivity contribution in [3.05, 3.63) is 56.3 Å². The number of aryl methyl sites for hydroxylation is 4. The third-order valence-electron chi connectivity index (χ3n) is 4.82. The van der Waals surface area contributed by atoms with Gasteiger partial charge in [0.2, 0.25) is 0 Å². The Morgan fingerprint density at radius 3 is 2.67 bits per heavy atom. The Hall–Kier alpha value is -1.12. The lowest BCUT2D eigenvalue weighted by molar-refractivity contribution is 0.134. The van der Waals surface area contributed by atoms with Gasteiger partial charge in [-0.25, -0.2) is 0 Å². The topological polar surface area (TPSA) is 20.2 Å². The Bertz CT molecular complexity index is 618. The lowest BCUT2D eigenvalue weighted by atomic mass is 9.81. The maximum atomic E-state index is 10.8. The highest BCUT2D eigenvalue weighted by atomic mass is 32.1. The van der Waals surface area contributed by atoms with Crippen LogP contribution in [-0.2, 0) is 12.8 Å². The molecule has 0 fully saturated rings. The van der Waals surface area contributed by atoms with E-state index in [0.717, 1.165) is 12.8 Å². The normalized spacial score (nSPS) is 19.3. The van der Waals surface area contributed by atoms with Crippen LogP contribution in [0.1, 0.15) is 51.5 Å². The van der Waals surface area contributed by atoms with Crippen LogP contribution in [0.5, 0.6) is 0 Å². The molecule has 0 spiro atoms. The molecule has 1 nitrogen and oxygen atoms in total. The van der Waals surface area contributed by atoms with E-state index in [4.69, 9.17) is 0 Å². The summed E-state index contributed by atoms with van der Waals surface area (Å²) in [5, 5.41) is 13.0. The lowest BCUT2D eigenvalue weighted by Gasteiger charge is -2.28. The van der Waals surface area contributed by atoms with Gasteiger partial charge in [0.25, 0.3) is 0 Å². The zero-order valence-corrected chi connectivity index (χ0v) is 14.0. The van der Waals surface area contributed by atoms with Crippen LogP contribution in [0.15, 0.2) is 23.6 Å². The van der Waals surface area contributed by atoms with Crippen LogP contribution in [0.25, 0.3) is 0 Å². The fourth-order valence-electron chi connectivity index (χ4n) is 3.81. The summed E-state index contributed by atoms with van der Waals surface area (Å²) >= 11 is 1.85. The molecule has 21 heavy (non-hydrogen) atoms. The number of aliphatic hydroxyl groups excluding tert-OH is 1. The molecule has 1 heterocycles. The zero-order valence-electron chi connectivity index (χ0n) is 13.1. The van der Waals surface area contributed by atoms with Gasteiger partial charge in [-0.05, 0) is 80.2 Å². The van der Waals surface area contributed by atoms with E-state index in [9.17, 15) is 5.11 Å². The quantitative estimate of drug-likeness (QED) is 0.871. The molecule has 1 aromatic carbocycles. The number of benzene rings is 1. The first-order valence-electron chi connectivity index (χ1n) is 7.87. The fourth-order valence-corrected chi connectivity index (χ4v) is 4.80. The van der Waals surface area contributed by atoms with Gasteiger partial charge in [0.05, 0.1) is 6.10 Å². The largest absolute Gasteiger partial charge is 0.392 e. The molecular formula is C19H24OS. The summed E-state index contributed by atoms with van der Waals surface area (Å²) in [4.78, 5) is 1.49. The molecule has 2 aromatic rings. The predicted octanol–water partition coefficient (Wildman–Crippen LogP) is 4.70. The summed E-state index contributed by atoms with van der Waals surface area (Å²) in [5.74, 6) is 0.320. The minimum atomic E-state index is -0.265. The van der Waals surface area contributed by atoms with Crippen LogP contribution in [0.2, 0.25) is 0 Å². The predicted molar refractivity (Wildman–Crippen MR) is 90.4 cm³/mol. The molecule has 1 aromatic heterocycles. The fraction of sp³-hybridized carbons (Fsp3) is 0.474. The van der Waals surface area contributed by atoms with Crippen molar-refractivity contribution in [3.63, 3.8) is 0 Å². The second kappa shape index (κ2) is 5.94. The molecule has 2 unspecified atom stereocenters. The van der Waals surface area contributed by atoms with E-state index in [1.54, 1.807) is 0 Å². The molecule has 0 bridgehead atoms. The summed E-state index contributed by atoms with van der Waals surface area (Å²) < 4.78 is 0. The molecule has 2 atom stereocenters. The van der Waals surface area contributed by atoms with Gasteiger partial charge in [-0.2, -0.15) is 0 Å². The summed E-state index contributed by atoms with van der Waals surface area (Å²) in [6, 6.07) is 6.68. The third kappa shape index (κ3) is 2.93. The van der Waals surface area contributed by atoms with Crippen molar-refractivity contribution in [2.75, 3.05) is 0 Å². The first kappa shape index (κ1) is 14.8. The van der Waals surface area contributed by atoms with Crippen molar-refractivity contribution in [2.45, 2.75) is 58.5 Å². The van der Waals surface area contributed by atoms with Crippen molar-refractivity contribution >= 4 is 11.3 Å². The van der Waals surface area contributed by atoms with Gasteiger partial charge in [0.1, 0.15) is 0 Å². The first-order valence-corrected chi connectivity index (χ1v) is 8.75. The van der Waals surface area contributed by atoms with E-state index < -0.39 is 0 Å². The maximum absolute atomic E-state index is 10.8. The highest BCUT2D eigenvalue weighted by Gasteiger charge is 2.28. The Morgan fingerprint density at radius 1 is 1.24 bits per heavy atom. The van der Waals surface area contributed by atoms with E-state index in [0.29, 0.717) is 5.92 Å². The van der Waals surface area contributed by atoms with E-state index in [-0.39, 0.29) is 6.10 Å². The highest BCUT2D eigenvalue weighted by molar-refractivity contribution is 7.10. The highest BCUT2D eigenvalue weighted by Crippen LogP contribution is 2.38. The smallest absolute Gasteiger partial charge is 0.0649 e. The summed E-state index contributed by atoms with van der Waals surface area (Å²) in [6.45, 7) is 6.47. The summed E-state index contributed by atoms with van der Waals surface area (Å²) in [7, 11) is 0. The summed E-state index contributed by atoms with van der Waals surface area (Å²) in [6.07, 6.45) is 4.03. The lowest BCUT2D eigenvalue weighted by Crippen LogP contribution is -2.24. The SMILES string of the molecule is Cc1cc(C)c(CC(O)C2CCCc3sccc32)c(C)c1. The van der Waals surface area contributed by atoms with Crippen LogP contribution in [0, 0.1) is 20.8 Å². The molecule has 0 radical (unpaired) electrons. The molecule has 112 valence electrons. The Kier molecular flexibility index (Phi) is 4.19. The number of hydrogen-bond donors (Lipinski definition) is 1.